The van der Waals surface area contributed by atoms with Gasteiger partial charge in [-0.3, -0.25) is 4.90 Å². The SMILES string of the molecule is CCNC(=NCC(CC)Oc1ccccc1F)NCC1CN(C)CCN1C. The Labute approximate surface area is 162 Å². The number of benzene rings is 1. The second-order valence-electron chi connectivity index (χ2n) is 7.08. The van der Waals surface area contributed by atoms with Crippen LogP contribution in [0.5, 0.6) is 5.75 Å². The van der Waals surface area contributed by atoms with E-state index >= 15 is 0 Å². The summed E-state index contributed by atoms with van der Waals surface area (Å²) in [5, 5.41) is 6.72. The van der Waals surface area contributed by atoms with Gasteiger partial charge >= 0.3 is 0 Å². The van der Waals surface area contributed by atoms with Crippen molar-refractivity contribution < 1.29 is 9.13 Å². The Hall–Kier alpha value is -1.86. The molecule has 2 unspecified atom stereocenters. The van der Waals surface area contributed by atoms with Crippen LogP contribution < -0.4 is 15.4 Å². The molecule has 1 heterocycles. The van der Waals surface area contributed by atoms with Crippen LogP contribution in [0.3, 0.4) is 0 Å². The van der Waals surface area contributed by atoms with Crippen LogP contribution in [0.1, 0.15) is 20.3 Å². The average Bonchev–Trinajstić information content (AvgIpc) is 2.66. The molecule has 0 aliphatic carbocycles. The highest BCUT2D eigenvalue weighted by molar-refractivity contribution is 5.79. The number of nitrogens with zero attached hydrogens (tertiary/aromatic N) is 3. The first-order valence-electron chi connectivity index (χ1n) is 9.85. The number of halogens is 1. The fourth-order valence-corrected chi connectivity index (χ4v) is 3.04. The van der Waals surface area contributed by atoms with E-state index < -0.39 is 0 Å². The Kier molecular flexibility index (Phi) is 8.81. The molecule has 27 heavy (non-hydrogen) atoms. The van der Waals surface area contributed by atoms with E-state index in [4.69, 9.17) is 4.74 Å². The number of rotatable bonds is 8. The minimum atomic E-state index is -0.339. The maximum Gasteiger partial charge on any atom is 0.191 e. The summed E-state index contributed by atoms with van der Waals surface area (Å²) >= 11 is 0. The minimum Gasteiger partial charge on any atom is -0.485 e. The molecule has 2 atom stereocenters. The summed E-state index contributed by atoms with van der Waals surface area (Å²) in [5.74, 6) is 0.716. The zero-order chi connectivity index (χ0) is 19.6. The Morgan fingerprint density at radius 2 is 2.04 bits per heavy atom. The van der Waals surface area contributed by atoms with Crippen molar-refractivity contribution in [1.29, 1.82) is 0 Å². The lowest BCUT2D eigenvalue weighted by Crippen LogP contribution is -2.55. The number of piperazine rings is 1. The molecule has 1 aromatic rings. The van der Waals surface area contributed by atoms with Crippen LogP contribution in [0.25, 0.3) is 0 Å². The normalized spacial score (nSPS) is 20.3. The third-order valence-electron chi connectivity index (χ3n) is 4.87. The zero-order valence-electron chi connectivity index (χ0n) is 17.0. The van der Waals surface area contributed by atoms with Crippen molar-refractivity contribution >= 4 is 5.96 Å². The summed E-state index contributed by atoms with van der Waals surface area (Å²) in [6.45, 7) is 9.38. The van der Waals surface area contributed by atoms with E-state index in [0.717, 1.165) is 45.1 Å². The lowest BCUT2D eigenvalue weighted by Gasteiger charge is -2.38. The summed E-state index contributed by atoms with van der Waals surface area (Å²) in [6.07, 6.45) is 0.591. The highest BCUT2D eigenvalue weighted by Crippen LogP contribution is 2.18. The number of para-hydroxylation sites is 1. The molecule has 0 spiro atoms. The van der Waals surface area contributed by atoms with Gasteiger partial charge in [0.2, 0.25) is 0 Å². The largest absolute Gasteiger partial charge is 0.485 e. The molecule has 1 aliphatic heterocycles. The fourth-order valence-electron chi connectivity index (χ4n) is 3.04. The molecule has 152 valence electrons. The van der Waals surface area contributed by atoms with E-state index in [2.05, 4.69) is 39.5 Å². The minimum absolute atomic E-state index is 0.166. The molecule has 0 saturated carbocycles. The molecule has 7 heteroatoms. The quantitative estimate of drug-likeness (QED) is 0.533. The summed E-state index contributed by atoms with van der Waals surface area (Å²) in [7, 11) is 4.32. The first kappa shape index (κ1) is 21.4. The predicted octanol–water partition coefficient (Wildman–Crippen LogP) is 1.78. The smallest absolute Gasteiger partial charge is 0.191 e. The number of hydrogen-bond acceptors (Lipinski definition) is 4. The van der Waals surface area contributed by atoms with Crippen LogP contribution in [0, 0.1) is 5.82 Å². The molecule has 0 aromatic heterocycles. The van der Waals surface area contributed by atoms with E-state index in [9.17, 15) is 4.39 Å². The molecule has 2 N–H and O–H groups in total. The number of likely N-dealkylation sites (N-methyl/N-ethyl adjacent to an activating group) is 2. The molecule has 2 rings (SSSR count). The second kappa shape index (κ2) is 11.1. The molecule has 0 amide bonds. The molecule has 1 aliphatic rings. The van der Waals surface area contributed by atoms with Crippen molar-refractivity contribution in [2.75, 3.05) is 53.4 Å². The van der Waals surface area contributed by atoms with Gasteiger partial charge in [0.25, 0.3) is 0 Å². The second-order valence-corrected chi connectivity index (χ2v) is 7.08. The van der Waals surface area contributed by atoms with Gasteiger partial charge in [-0.25, -0.2) is 9.38 Å². The molecule has 1 aromatic carbocycles. The summed E-state index contributed by atoms with van der Waals surface area (Å²) < 4.78 is 19.6. The van der Waals surface area contributed by atoms with E-state index in [1.165, 1.54) is 6.07 Å². The summed E-state index contributed by atoms with van der Waals surface area (Å²) in [5.41, 5.74) is 0. The highest BCUT2D eigenvalue weighted by Gasteiger charge is 2.22. The number of nitrogens with one attached hydrogen (secondary N) is 2. The Bertz CT molecular complexity index is 597. The lowest BCUT2D eigenvalue weighted by molar-refractivity contribution is 0.116. The van der Waals surface area contributed by atoms with Gasteiger partial charge in [-0.05, 0) is 39.6 Å². The van der Waals surface area contributed by atoms with Crippen LogP contribution in [-0.4, -0.2) is 81.3 Å². The van der Waals surface area contributed by atoms with Crippen molar-refractivity contribution in [2.45, 2.75) is 32.4 Å². The number of aliphatic imine (C=N–C) groups is 1. The predicted molar refractivity (Wildman–Crippen MR) is 109 cm³/mol. The van der Waals surface area contributed by atoms with Gasteiger partial charge in [0.05, 0.1) is 6.54 Å². The van der Waals surface area contributed by atoms with Crippen molar-refractivity contribution in [1.82, 2.24) is 20.4 Å². The third kappa shape index (κ3) is 6.99. The zero-order valence-corrected chi connectivity index (χ0v) is 17.0. The fraction of sp³-hybridized carbons (Fsp3) is 0.650. The molecule has 0 bridgehead atoms. The molecule has 1 fully saturated rings. The van der Waals surface area contributed by atoms with Crippen molar-refractivity contribution in [2.24, 2.45) is 4.99 Å². The van der Waals surface area contributed by atoms with Crippen LogP contribution in [0.15, 0.2) is 29.3 Å². The Balaban J connectivity index is 1.91. The van der Waals surface area contributed by atoms with Gasteiger partial charge in [0.15, 0.2) is 17.5 Å². The van der Waals surface area contributed by atoms with Gasteiger partial charge < -0.3 is 20.3 Å². The molecule has 0 radical (unpaired) electrons. The van der Waals surface area contributed by atoms with Gasteiger partial charge in [0, 0.05) is 38.8 Å². The topological polar surface area (TPSA) is 52.1 Å². The van der Waals surface area contributed by atoms with Crippen LogP contribution in [-0.2, 0) is 0 Å². The van der Waals surface area contributed by atoms with Gasteiger partial charge in [0.1, 0.15) is 6.10 Å². The highest BCUT2D eigenvalue weighted by atomic mass is 19.1. The number of guanidine groups is 1. The van der Waals surface area contributed by atoms with Crippen molar-refractivity contribution in [3.63, 3.8) is 0 Å². The Morgan fingerprint density at radius 1 is 1.26 bits per heavy atom. The standard InChI is InChI=1S/C20H34FN5O/c1-5-17(27-19-10-8-7-9-18(19)21)14-24-20(22-6-2)23-13-16-15-25(3)11-12-26(16)4/h7-10,16-17H,5-6,11-15H2,1-4H3,(H2,22,23,24). The molecule has 1 saturated heterocycles. The molecular weight excluding hydrogens is 345 g/mol. The van der Waals surface area contributed by atoms with Gasteiger partial charge in [-0.2, -0.15) is 0 Å². The van der Waals surface area contributed by atoms with Crippen LogP contribution in [0.4, 0.5) is 4.39 Å². The van der Waals surface area contributed by atoms with Crippen LogP contribution >= 0.6 is 0 Å². The summed E-state index contributed by atoms with van der Waals surface area (Å²) in [4.78, 5) is 9.39. The number of ether oxygens (including phenoxy) is 1. The lowest BCUT2D eigenvalue weighted by atomic mass is 10.2. The maximum absolute atomic E-state index is 13.8. The first-order valence-corrected chi connectivity index (χ1v) is 9.85. The van der Waals surface area contributed by atoms with Crippen molar-refractivity contribution in [3.8, 4) is 5.75 Å². The van der Waals surface area contributed by atoms with E-state index in [1.807, 2.05) is 13.8 Å². The van der Waals surface area contributed by atoms with E-state index in [1.54, 1.807) is 18.2 Å². The Morgan fingerprint density at radius 3 is 2.74 bits per heavy atom. The third-order valence-corrected chi connectivity index (χ3v) is 4.87. The average molecular weight is 380 g/mol. The van der Waals surface area contributed by atoms with E-state index in [-0.39, 0.29) is 17.7 Å². The van der Waals surface area contributed by atoms with Gasteiger partial charge in [-0.15, -0.1) is 0 Å². The number of hydrogen-bond donors (Lipinski definition) is 2. The first-order chi connectivity index (χ1) is 13.0. The van der Waals surface area contributed by atoms with E-state index in [0.29, 0.717) is 12.6 Å². The summed E-state index contributed by atoms with van der Waals surface area (Å²) in [6, 6.07) is 6.95. The van der Waals surface area contributed by atoms with Gasteiger partial charge in [-0.1, -0.05) is 19.1 Å². The maximum atomic E-state index is 13.8. The van der Waals surface area contributed by atoms with Crippen LogP contribution in [0.2, 0.25) is 0 Å². The van der Waals surface area contributed by atoms with Crippen molar-refractivity contribution in [3.05, 3.63) is 30.1 Å². The monoisotopic (exact) mass is 379 g/mol. The molecular formula is C20H34FN5O. The molecule has 6 nitrogen and oxygen atoms in total.